The van der Waals surface area contributed by atoms with Crippen molar-refractivity contribution in [3.05, 3.63) is 30.3 Å². The maximum absolute atomic E-state index is 11.1. The highest BCUT2D eigenvalue weighted by atomic mass is 32.2. The van der Waals surface area contributed by atoms with E-state index < -0.39 is 11.2 Å². The van der Waals surface area contributed by atoms with Crippen LogP contribution in [0.15, 0.2) is 35.4 Å². The predicted octanol–water partition coefficient (Wildman–Crippen LogP) is 3.37. The molecule has 0 fully saturated rings. The number of fused-ring (bicyclic) bond motifs is 1. The van der Waals surface area contributed by atoms with Gasteiger partial charge in [-0.25, -0.2) is 0 Å². The van der Waals surface area contributed by atoms with E-state index in [9.17, 15) is 4.79 Å². The van der Waals surface area contributed by atoms with Crippen LogP contribution in [0.4, 0.5) is 0 Å². The van der Waals surface area contributed by atoms with E-state index in [0.29, 0.717) is 0 Å². The molecular formula is C13H15NO2S. The highest BCUT2D eigenvalue weighted by Crippen LogP contribution is 2.30. The predicted molar refractivity (Wildman–Crippen MR) is 70.4 cm³/mol. The van der Waals surface area contributed by atoms with Crippen LogP contribution < -0.4 is 0 Å². The Labute approximate surface area is 104 Å². The third-order valence-electron chi connectivity index (χ3n) is 2.61. The first-order valence-electron chi connectivity index (χ1n) is 5.55. The van der Waals surface area contributed by atoms with Crippen LogP contribution in [0.5, 0.6) is 0 Å². The number of hydrogen-bond donors (Lipinski definition) is 2. The molecule has 2 rings (SSSR count). The van der Waals surface area contributed by atoms with Gasteiger partial charge >= 0.3 is 5.97 Å². The van der Waals surface area contributed by atoms with E-state index in [0.717, 1.165) is 15.9 Å². The molecule has 0 bridgehead atoms. The molecule has 2 aromatic rings. The quantitative estimate of drug-likeness (QED) is 0.817. The van der Waals surface area contributed by atoms with Crippen molar-refractivity contribution < 1.29 is 9.90 Å². The first-order valence-corrected chi connectivity index (χ1v) is 6.43. The molecule has 0 aliphatic carbocycles. The highest BCUT2D eigenvalue weighted by molar-refractivity contribution is 8.00. The average Bonchev–Trinajstić information content (AvgIpc) is 2.67. The molecule has 17 heavy (non-hydrogen) atoms. The summed E-state index contributed by atoms with van der Waals surface area (Å²) in [6, 6.07) is 9.94. The van der Waals surface area contributed by atoms with Gasteiger partial charge in [0.25, 0.3) is 0 Å². The minimum Gasteiger partial charge on any atom is -0.480 e. The second-order valence-electron chi connectivity index (χ2n) is 4.34. The zero-order valence-electron chi connectivity index (χ0n) is 9.81. The topological polar surface area (TPSA) is 53.1 Å². The Kier molecular flexibility index (Phi) is 3.43. The number of benzene rings is 1. The van der Waals surface area contributed by atoms with E-state index >= 15 is 0 Å². The summed E-state index contributed by atoms with van der Waals surface area (Å²) in [6.45, 7) is 3.85. The second-order valence-corrected chi connectivity index (χ2v) is 5.52. The number of para-hydroxylation sites is 1. The van der Waals surface area contributed by atoms with Crippen molar-refractivity contribution in [1.29, 1.82) is 0 Å². The second kappa shape index (κ2) is 4.84. The fourth-order valence-electron chi connectivity index (χ4n) is 1.72. The van der Waals surface area contributed by atoms with Gasteiger partial charge in [-0.15, -0.1) is 0 Å². The molecule has 0 radical (unpaired) electrons. The van der Waals surface area contributed by atoms with Gasteiger partial charge in [0.05, 0.1) is 5.03 Å². The number of nitrogens with one attached hydrogen (secondary N) is 1. The fourth-order valence-corrected chi connectivity index (χ4v) is 2.73. The van der Waals surface area contributed by atoms with Crippen LogP contribution in [0.25, 0.3) is 10.9 Å². The van der Waals surface area contributed by atoms with E-state index in [1.807, 2.05) is 44.2 Å². The van der Waals surface area contributed by atoms with Crippen LogP contribution in [0.3, 0.4) is 0 Å². The molecule has 1 heterocycles. The van der Waals surface area contributed by atoms with Crippen LogP contribution >= 0.6 is 11.8 Å². The van der Waals surface area contributed by atoms with Gasteiger partial charge in [0.1, 0.15) is 5.25 Å². The number of carboxylic acids is 1. The van der Waals surface area contributed by atoms with Gasteiger partial charge in [-0.2, -0.15) is 0 Å². The van der Waals surface area contributed by atoms with Crippen molar-refractivity contribution in [1.82, 2.24) is 4.98 Å². The normalized spacial score (nSPS) is 13.1. The summed E-state index contributed by atoms with van der Waals surface area (Å²) in [4.78, 5) is 14.4. The lowest BCUT2D eigenvalue weighted by molar-refractivity contribution is -0.137. The van der Waals surface area contributed by atoms with E-state index in [1.54, 1.807) is 0 Å². The molecule has 90 valence electrons. The SMILES string of the molecule is CC(C)C(Sc1cc2ccccc2[nH]1)C(=O)O. The first-order chi connectivity index (χ1) is 8.08. The molecule has 0 saturated heterocycles. The fraction of sp³-hybridized carbons (Fsp3) is 0.308. The third-order valence-corrected chi connectivity index (χ3v) is 4.08. The van der Waals surface area contributed by atoms with Crippen molar-refractivity contribution in [2.24, 2.45) is 5.92 Å². The maximum Gasteiger partial charge on any atom is 0.317 e. The van der Waals surface area contributed by atoms with Crippen LogP contribution in [-0.4, -0.2) is 21.3 Å². The van der Waals surface area contributed by atoms with Gasteiger partial charge < -0.3 is 10.1 Å². The molecule has 1 unspecified atom stereocenters. The van der Waals surface area contributed by atoms with Gasteiger partial charge in [0.2, 0.25) is 0 Å². The van der Waals surface area contributed by atoms with Crippen molar-refractivity contribution in [3.63, 3.8) is 0 Å². The Morgan fingerprint density at radius 2 is 2.06 bits per heavy atom. The minimum atomic E-state index is -0.761. The molecule has 0 saturated carbocycles. The zero-order chi connectivity index (χ0) is 12.4. The van der Waals surface area contributed by atoms with E-state index in [4.69, 9.17) is 5.11 Å². The molecular weight excluding hydrogens is 234 g/mol. The zero-order valence-corrected chi connectivity index (χ0v) is 10.6. The number of carboxylic acid groups (broad SMARTS) is 1. The largest absolute Gasteiger partial charge is 0.480 e. The maximum atomic E-state index is 11.1. The van der Waals surface area contributed by atoms with E-state index in [2.05, 4.69) is 4.98 Å². The van der Waals surface area contributed by atoms with Crippen molar-refractivity contribution in [2.75, 3.05) is 0 Å². The van der Waals surface area contributed by atoms with Crippen LogP contribution in [0, 0.1) is 5.92 Å². The lowest BCUT2D eigenvalue weighted by Gasteiger charge is -2.14. The monoisotopic (exact) mass is 249 g/mol. The molecule has 1 aromatic carbocycles. The molecule has 3 nitrogen and oxygen atoms in total. The first kappa shape index (κ1) is 12.0. The van der Waals surface area contributed by atoms with E-state index in [1.165, 1.54) is 11.8 Å². The molecule has 0 aliphatic heterocycles. The Bertz CT molecular complexity index is 500. The van der Waals surface area contributed by atoms with Crippen molar-refractivity contribution in [2.45, 2.75) is 24.1 Å². The summed E-state index contributed by atoms with van der Waals surface area (Å²) >= 11 is 1.38. The number of thioether (sulfide) groups is 1. The summed E-state index contributed by atoms with van der Waals surface area (Å²) in [5.41, 5.74) is 1.04. The van der Waals surface area contributed by atoms with Crippen LogP contribution in [0.1, 0.15) is 13.8 Å². The number of hydrogen-bond acceptors (Lipinski definition) is 2. The van der Waals surface area contributed by atoms with Crippen LogP contribution in [-0.2, 0) is 4.79 Å². The molecule has 0 spiro atoms. The molecule has 2 N–H and O–H groups in total. The van der Waals surface area contributed by atoms with E-state index in [-0.39, 0.29) is 5.92 Å². The Balaban J connectivity index is 2.25. The molecule has 1 aromatic heterocycles. The number of aromatic nitrogens is 1. The summed E-state index contributed by atoms with van der Waals surface area (Å²) in [5.74, 6) is -0.660. The lowest BCUT2D eigenvalue weighted by Crippen LogP contribution is -2.22. The van der Waals surface area contributed by atoms with Gasteiger partial charge in [0, 0.05) is 10.9 Å². The summed E-state index contributed by atoms with van der Waals surface area (Å²) in [5, 5.41) is 10.8. The molecule has 1 atom stereocenters. The Morgan fingerprint density at radius 3 is 2.65 bits per heavy atom. The van der Waals surface area contributed by atoms with Crippen molar-refractivity contribution in [3.8, 4) is 0 Å². The number of H-pyrrole nitrogens is 1. The van der Waals surface area contributed by atoms with Gasteiger partial charge in [-0.3, -0.25) is 4.79 Å². The van der Waals surface area contributed by atoms with Gasteiger partial charge in [-0.05, 0) is 18.1 Å². The smallest absolute Gasteiger partial charge is 0.317 e. The van der Waals surface area contributed by atoms with Crippen molar-refractivity contribution >= 4 is 28.6 Å². The number of rotatable bonds is 4. The van der Waals surface area contributed by atoms with Gasteiger partial charge in [0.15, 0.2) is 0 Å². The molecule has 4 heteroatoms. The van der Waals surface area contributed by atoms with Crippen LogP contribution in [0.2, 0.25) is 0 Å². The number of carbonyl (C=O) groups is 1. The van der Waals surface area contributed by atoms with Gasteiger partial charge in [-0.1, -0.05) is 43.8 Å². The lowest BCUT2D eigenvalue weighted by atomic mass is 10.1. The molecule has 0 amide bonds. The standard InChI is InChI=1S/C13H15NO2S/c1-8(2)12(13(15)16)17-11-7-9-5-3-4-6-10(9)14-11/h3-8,12,14H,1-2H3,(H,15,16). The minimum absolute atomic E-state index is 0.101. The average molecular weight is 249 g/mol. The Hall–Kier alpha value is -1.42. The highest BCUT2D eigenvalue weighted by Gasteiger charge is 2.23. The number of aromatic amines is 1. The molecule has 0 aliphatic rings. The Morgan fingerprint density at radius 1 is 1.35 bits per heavy atom. The summed E-state index contributed by atoms with van der Waals surface area (Å²) in [7, 11) is 0. The summed E-state index contributed by atoms with van der Waals surface area (Å²) < 4.78 is 0. The summed E-state index contributed by atoms with van der Waals surface area (Å²) in [6.07, 6.45) is 0. The number of aliphatic carboxylic acids is 1. The third kappa shape index (κ3) is 2.64.